The summed E-state index contributed by atoms with van der Waals surface area (Å²) >= 11 is 6.11. The molecule has 0 saturated carbocycles. The van der Waals surface area contributed by atoms with Crippen LogP contribution in [0.15, 0.2) is 30.6 Å². The van der Waals surface area contributed by atoms with Gasteiger partial charge in [-0.15, -0.1) is 0 Å². The highest BCUT2D eigenvalue weighted by molar-refractivity contribution is 6.31. The molecule has 1 aromatic heterocycles. The first-order valence-electron chi connectivity index (χ1n) is 6.11. The minimum atomic E-state index is 0.584. The maximum absolute atomic E-state index is 6.11. The van der Waals surface area contributed by atoms with E-state index in [9.17, 15) is 0 Å². The van der Waals surface area contributed by atoms with E-state index in [1.807, 2.05) is 37.5 Å². The number of anilines is 2. The maximum Gasteiger partial charge on any atom is 0.207 e. The zero-order valence-electron chi connectivity index (χ0n) is 10.9. The van der Waals surface area contributed by atoms with Crippen molar-refractivity contribution in [1.82, 2.24) is 9.55 Å². The lowest BCUT2D eigenvalue weighted by atomic mass is 10.2. The first kappa shape index (κ1) is 13.0. The molecular formula is C14H18ClN3. The van der Waals surface area contributed by atoms with Crippen LogP contribution >= 0.6 is 11.6 Å². The summed E-state index contributed by atoms with van der Waals surface area (Å²) in [6.07, 6.45) is 3.80. The summed E-state index contributed by atoms with van der Waals surface area (Å²) in [5.41, 5.74) is 2.04. The average Bonchev–Trinajstić information content (AvgIpc) is 2.72. The number of nitrogens with zero attached hydrogens (tertiary/aromatic N) is 2. The van der Waals surface area contributed by atoms with Crippen LogP contribution in [-0.4, -0.2) is 9.55 Å². The van der Waals surface area contributed by atoms with Crippen molar-refractivity contribution < 1.29 is 0 Å². The fourth-order valence-corrected chi connectivity index (χ4v) is 2.01. The van der Waals surface area contributed by atoms with Gasteiger partial charge in [-0.3, -0.25) is 0 Å². The van der Waals surface area contributed by atoms with Crippen LogP contribution in [0.4, 0.5) is 11.6 Å². The van der Waals surface area contributed by atoms with E-state index in [-0.39, 0.29) is 0 Å². The Balaban J connectivity index is 2.24. The van der Waals surface area contributed by atoms with Crippen LogP contribution in [0, 0.1) is 12.8 Å². The summed E-state index contributed by atoms with van der Waals surface area (Å²) in [5.74, 6) is 1.44. The molecule has 0 fully saturated rings. The molecule has 0 aliphatic carbocycles. The van der Waals surface area contributed by atoms with E-state index in [0.29, 0.717) is 5.92 Å². The van der Waals surface area contributed by atoms with Gasteiger partial charge in [0.15, 0.2) is 0 Å². The van der Waals surface area contributed by atoms with Crippen LogP contribution in [-0.2, 0) is 6.54 Å². The summed E-state index contributed by atoms with van der Waals surface area (Å²) in [5, 5.41) is 4.10. The third kappa shape index (κ3) is 2.85. The molecule has 0 saturated heterocycles. The van der Waals surface area contributed by atoms with E-state index in [4.69, 9.17) is 11.6 Å². The Morgan fingerprint density at radius 3 is 2.89 bits per heavy atom. The second-order valence-corrected chi connectivity index (χ2v) is 5.24. The van der Waals surface area contributed by atoms with Crippen LogP contribution in [0.2, 0.25) is 5.02 Å². The van der Waals surface area contributed by atoms with Crippen LogP contribution in [0.25, 0.3) is 0 Å². The van der Waals surface area contributed by atoms with Crippen molar-refractivity contribution in [2.24, 2.45) is 5.92 Å². The number of rotatable bonds is 4. The highest BCUT2D eigenvalue weighted by Crippen LogP contribution is 2.25. The van der Waals surface area contributed by atoms with Gasteiger partial charge in [0.05, 0.1) is 0 Å². The summed E-state index contributed by atoms with van der Waals surface area (Å²) in [4.78, 5) is 4.34. The van der Waals surface area contributed by atoms with E-state index in [1.165, 1.54) is 0 Å². The fourth-order valence-electron chi connectivity index (χ4n) is 1.84. The largest absolute Gasteiger partial charge is 0.325 e. The Morgan fingerprint density at radius 1 is 1.39 bits per heavy atom. The van der Waals surface area contributed by atoms with Crippen LogP contribution < -0.4 is 5.32 Å². The molecule has 2 rings (SSSR count). The zero-order chi connectivity index (χ0) is 13.1. The molecule has 18 heavy (non-hydrogen) atoms. The van der Waals surface area contributed by atoms with Crippen molar-refractivity contribution in [3.05, 3.63) is 41.2 Å². The van der Waals surface area contributed by atoms with Crippen molar-refractivity contribution in [3.8, 4) is 0 Å². The highest BCUT2D eigenvalue weighted by atomic mass is 35.5. The fraction of sp³-hybridized carbons (Fsp3) is 0.357. The molecule has 1 aromatic carbocycles. The number of hydrogen-bond donors (Lipinski definition) is 1. The normalized spacial score (nSPS) is 10.9. The zero-order valence-corrected chi connectivity index (χ0v) is 11.7. The van der Waals surface area contributed by atoms with Crippen molar-refractivity contribution in [2.45, 2.75) is 27.3 Å². The molecular weight excluding hydrogens is 246 g/mol. The van der Waals surface area contributed by atoms with Gasteiger partial charge in [-0.05, 0) is 30.5 Å². The predicted octanol–water partition coefficient (Wildman–Crippen LogP) is 4.24. The number of imidazole rings is 1. The van der Waals surface area contributed by atoms with Crippen LogP contribution in [0.3, 0.4) is 0 Å². The number of benzene rings is 1. The SMILES string of the molecule is Cc1c(Cl)cccc1Nc1nccn1CC(C)C. The predicted molar refractivity (Wildman–Crippen MR) is 76.5 cm³/mol. The summed E-state index contributed by atoms with van der Waals surface area (Å²) < 4.78 is 2.12. The Hall–Kier alpha value is -1.48. The minimum absolute atomic E-state index is 0.584. The van der Waals surface area contributed by atoms with Gasteiger partial charge < -0.3 is 9.88 Å². The van der Waals surface area contributed by atoms with E-state index in [2.05, 4.69) is 28.7 Å². The number of aromatic nitrogens is 2. The van der Waals surface area contributed by atoms with Gasteiger partial charge in [0.25, 0.3) is 0 Å². The number of hydrogen-bond acceptors (Lipinski definition) is 2. The van der Waals surface area contributed by atoms with Gasteiger partial charge in [0.2, 0.25) is 5.95 Å². The summed E-state index contributed by atoms with van der Waals surface area (Å²) in [6, 6.07) is 5.84. The Labute approximate surface area is 113 Å². The maximum atomic E-state index is 6.11. The van der Waals surface area contributed by atoms with E-state index >= 15 is 0 Å². The first-order valence-corrected chi connectivity index (χ1v) is 6.49. The van der Waals surface area contributed by atoms with E-state index in [0.717, 1.165) is 28.8 Å². The Morgan fingerprint density at radius 2 is 2.17 bits per heavy atom. The molecule has 0 radical (unpaired) electrons. The second kappa shape index (κ2) is 5.44. The molecule has 3 nitrogen and oxygen atoms in total. The van der Waals surface area contributed by atoms with Crippen molar-refractivity contribution in [3.63, 3.8) is 0 Å². The molecule has 0 amide bonds. The molecule has 1 heterocycles. The second-order valence-electron chi connectivity index (χ2n) is 4.83. The lowest BCUT2D eigenvalue weighted by molar-refractivity contribution is 0.527. The summed E-state index contributed by atoms with van der Waals surface area (Å²) in [7, 11) is 0. The van der Waals surface area contributed by atoms with Crippen molar-refractivity contribution in [1.29, 1.82) is 0 Å². The number of nitrogens with one attached hydrogen (secondary N) is 1. The molecule has 0 atom stereocenters. The smallest absolute Gasteiger partial charge is 0.207 e. The van der Waals surface area contributed by atoms with Gasteiger partial charge in [-0.1, -0.05) is 31.5 Å². The van der Waals surface area contributed by atoms with Gasteiger partial charge in [0, 0.05) is 29.6 Å². The molecule has 4 heteroatoms. The molecule has 0 aliphatic heterocycles. The quantitative estimate of drug-likeness (QED) is 0.894. The Bertz CT molecular complexity index is 532. The first-order chi connectivity index (χ1) is 8.58. The average molecular weight is 264 g/mol. The lowest BCUT2D eigenvalue weighted by Crippen LogP contribution is -2.08. The Kier molecular flexibility index (Phi) is 3.92. The van der Waals surface area contributed by atoms with Crippen LogP contribution in [0.5, 0.6) is 0 Å². The van der Waals surface area contributed by atoms with Crippen LogP contribution in [0.1, 0.15) is 19.4 Å². The van der Waals surface area contributed by atoms with Gasteiger partial charge >= 0.3 is 0 Å². The van der Waals surface area contributed by atoms with Crippen molar-refractivity contribution in [2.75, 3.05) is 5.32 Å². The van der Waals surface area contributed by atoms with Crippen molar-refractivity contribution >= 4 is 23.2 Å². The lowest BCUT2D eigenvalue weighted by Gasteiger charge is -2.13. The molecule has 1 N–H and O–H groups in total. The standard InChI is InChI=1S/C14H18ClN3/c1-10(2)9-18-8-7-16-14(18)17-13-6-4-5-12(15)11(13)3/h4-8,10H,9H2,1-3H3,(H,16,17). The molecule has 2 aromatic rings. The monoisotopic (exact) mass is 263 g/mol. The highest BCUT2D eigenvalue weighted by Gasteiger charge is 2.07. The molecule has 0 unspecified atom stereocenters. The topological polar surface area (TPSA) is 29.9 Å². The van der Waals surface area contributed by atoms with Gasteiger partial charge in [-0.25, -0.2) is 4.98 Å². The molecule has 0 bridgehead atoms. The summed E-state index contributed by atoms with van der Waals surface area (Å²) in [6.45, 7) is 7.32. The molecule has 0 aliphatic rings. The van der Waals surface area contributed by atoms with E-state index < -0.39 is 0 Å². The molecule has 96 valence electrons. The number of halogens is 1. The molecule has 0 spiro atoms. The van der Waals surface area contributed by atoms with Gasteiger partial charge in [-0.2, -0.15) is 0 Å². The third-order valence-electron chi connectivity index (χ3n) is 2.79. The minimum Gasteiger partial charge on any atom is -0.325 e. The van der Waals surface area contributed by atoms with E-state index in [1.54, 1.807) is 0 Å². The third-order valence-corrected chi connectivity index (χ3v) is 3.20. The van der Waals surface area contributed by atoms with Gasteiger partial charge in [0.1, 0.15) is 0 Å².